The maximum Gasteiger partial charge on any atom is 0.174 e. The highest BCUT2D eigenvalue weighted by Gasteiger charge is 2.00. The van der Waals surface area contributed by atoms with E-state index in [2.05, 4.69) is 0 Å². The lowest BCUT2D eigenvalue weighted by atomic mass is 10.3. The summed E-state index contributed by atoms with van der Waals surface area (Å²) in [5.74, 6) is 1.17. The van der Waals surface area contributed by atoms with Crippen molar-refractivity contribution in [1.82, 2.24) is 0 Å². The maximum absolute atomic E-state index is 8.28. The van der Waals surface area contributed by atoms with Crippen molar-refractivity contribution in [1.29, 1.82) is 5.26 Å². The number of anilines is 1. The van der Waals surface area contributed by atoms with Crippen molar-refractivity contribution in [2.45, 2.75) is 0 Å². The molecule has 0 aliphatic carbocycles. The van der Waals surface area contributed by atoms with Crippen molar-refractivity contribution in [3.05, 3.63) is 18.2 Å². The maximum atomic E-state index is 8.28. The van der Waals surface area contributed by atoms with E-state index >= 15 is 0 Å². The van der Waals surface area contributed by atoms with E-state index in [1.807, 2.05) is 6.07 Å². The smallest absolute Gasteiger partial charge is 0.174 e. The zero-order chi connectivity index (χ0) is 9.68. The van der Waals surface area contributed by atoms with Gasteiger partial charge < -0.3 is 15.2 Å². The molecule has 0 saturated carbocycles. The number of nitrogens with zero attached hydrogens (tertiary/aromatic N) is 1. The summed E-state index contributed by atoms with van der Waals surface area (Å²) in [6, 6.07) is 6.91. The third-order valence-electron chi connectivity index (χ3n) is 1.51. The molecule has 1 aromatic rings. The lowest BCUT2D eigenvalue weighted by molar-refractivity contribution is 0.368. The zero-order valence-electron chi connectivity index (χ0n) is 7.28. The molecule has 0 aromatic heterocycles. The Morgan fingerprint density at radius 1 is 1.54 bits per heavy atom. The fourth-order valence-corrected chi connectivity index (χ4v) is 0.895. The largest absolute Gasteiger partial charge is 0.497 e. The highest BCUT2D eigenvalue weighted by atomic mass is 16.5. The molecule has 1 aromatic carbocycles. The number of nitrogens with two attached hydrogens (primary N) is 1. The van der Waals surface area contributed by atoms with Crippen LogP contribution >= 0.6 is 0 Å². The van der Waals surface area contributed by atoms with Gasteiger partial charge in [-0.2, -0.15) is 5.26 Å². The molecule has 4 heteroatoms. The summed E-state index contributed by atoms with van der Waals surface area (Å²) in [7, 11) is 1.56. The second-order valence-electron chi connectivity index (χ2n) is 2.35. The number of benzene rings is 1. The lowest BCUT2D eigenvalue weighted by Gasteiger charge is -2.06. The fourth-order valence-electron chi connectivity index (χ4n) is 0.895. The van der Waals surface area contributed by atoms with Crippen molar-refractivity contribution in [3.63, 3.8) is 0 Å². The summed E-state index contributed by atoms with van der Waals surface area (Å²) in [6.45, 7) is -0.00344. The van der Waals surface area contributed by atoms with Crippen molar-refractivity contribution in [2.75, 3.05) is 19.5 Å². The van der Waals surface area contributed by atoms with Crippen LogP contribution in [0.2, 0.25) is 0 Å². The van der Waals surface area contributed by atoms with Crippen molar-refractivity contribution >= 4 is 5.69 Å². The average molecular weight is 178 g/mol. The molecule has 1 rings (SSSR count). The van der Waals surface area contributed by atoms with E-state index in [4.69, 9.17) is 20.5 Å². The third kappa shape index (κ3) is 2.27. The molecule has 0 fully saturated rings. The summed E-state index contributed by atoms with van der Waals surface area (Å²) in [5, 5.41) is 8.28. The van der Waals surface area contributed by atoms with Crippen LogP contribution < -0.4 is 15.2 Å². The Morgan fingerprint density at radius 3 is 2.85 bits per heavy atom. The molecule has 0 atom stereocenters. The van der Waals surface area contributed by atoms with E-state index < -0.39 is 0 Å². The van der Waals surface area contributed by atoms with Crippen LogP contribution in [0, 0.1) is 11.3 Å². The Bertz CT molecular complexity index is 331. The van der Waals surface area contributed by atoms with Crippen LogP contribution in [-0.4, -0.2) is 13.7 Å². The van der Waals surface area contributed by atoms with Gasteiger partial charge in [-0.05, 0) is 12.1 Å². The highest BCUT2D eigenvalue weighted by Crippen LogP contribution is 2.25. The van der Waals surface area contributed by atoms with Gasteiger partial charge in [-0.15, -0.1) is 0 Å². The second kappa shape index (κ2) is 4.21. The standard InChI is InChI=1S/C9H10N2O2/c1-12-7-2-3-9(8(11)6-7)13-5-4-10/h2-3,6H,5,11H2,1H3. The first-order chi connectivity index (χ1) is 6.27. The van der Waals surface area contributed by atoms with Crippen LogP contribution in [0.15, 0.2) is 18.2 Å². The van der Waals surface area contributed by atoms with Crippen molar-refractivity contribution in [3.8, 4) is 17.6 Å². The van der Waals surface area contributed by atoms with Gasteiger partial charge in [0.25, 0.3) is 0 Å². The number of nitriles is 1. The van der Waals surface area contributed by atoms with Crippen LogP contribution in [0.4, 0.5) is 5.69 Å². The Kier molecular flexibility index (Phi) is 2.98. The van der Waals surface area contributed by atoms with Gasteiger partial charge in [-0.25, -0.2) is 0 Å². The number of nitrogen functional groups attached to an aromatic ring is 1. The average Bonchev–Trinajstić information content (AvgIpc) is 2.16. The predicted molar refractivity (Wildman–Crippen MR) is 48.5 cm³/mol. The zero-order valence-corrected chi connectivity index (χ0v) is 7.28. The van der Waals surface area contributed by atoms with Gasteiger partial charge in [-0.1, -0.05) is 0 Å². The first-order valence-corrected chi connectivity index (χ1v) is 3.71. The first kappa shape index (κ1) is 9.20. The summed E-state index contributed by atoms with van der Waals surface area (Å²) in [6.07, 6.45) is 0. The first-order valence-electron chi connectivity index (χ1n) is 3.71. The van der Waals surface area contributed by atoms with Crippen molar-refractivity contribution < 1.29 is 9.47 Å². The van der Waals surface area contributed by atoms with E-state index in [1.165, 1.54) is 0 Å². The summed E-state index contributed by atoms with van der Waals surface area (Å²) >= 11 is 0. The molecule has 0 aliphatic rings. The van der Waals surface area contributed by atoms with Crippen LogP contribution in [-0.2, 0) is 0 Å². The quantitative estimate of drug-likeness (QED) is 0.705. The Balaban J connectivity index is 2.80. The van der Waals surface area contributed by atoms with Crippen LogP contribution in [0.3, 0.4) is 0 Å². The summed E-state index contributed by atoms with van der Waals surface area (Å²) in [5.41, 5.74) is 6.09. The van der Waals surface area contributed by atoms with Gasteiger partial charge in [0, 0.05) is 6.07 Å². The number of ether oxygens (including phenoxy) is 2. The molecule has 2 N–H and O–H groups in total. The van der Waals surface area contributed by atoms with E-state index in [9.17, 15) is 0 Å². The molecular weight excluding hydrogens is 168 g/mol. The van der Waals surface area contributed by atoms with Crippen molar-refractivity contribution in [2.24, 2.45) is 0 Å². The normalized spacial score (nSPS) is 8.92. The molecule has 0 bridgehead atoms. The molecule has 0 spiro atoms. The van der Waals surface area contributed by atoms with Gasteiger partial charge in [0.05, 0.1) is 12.8 Å². The number of rotatable bonds is 3. The minimum absolute atomic E-state index is 0.00344. The van der Waals surface area contributed by atoms with Crippen LogP contribution in [0.1, 0.15) is 0 Å². The Hall–Kier alpha value is -1.89. The van der Waals surface area contributed by atoms with Crippen LogP contribution in [0.25, 0.3) is 0 Å². The van der Waals surface area contributed by atoms with Crippen LogP contribution in [0.5, 0.6) is 11.5 Å². The molecule has 0 heterocycles. The molecule has 68 valence electrons. The van der Waals surface area contributed by atoms with E-state index in [0.29, 0.717) is 17.2 Å². The molecular formula is C9H10N2O2. The summed E-state index contributed by atoms with van der Waals surface area (Å²) < 4.78 is 10.00. The minimum Gasteiger partial charge on any atom is -0.497 e. The molecule has 0 amide bonds. The second-order valence-corrected chi connectivity index (χ2v) is 2.35. The highest BCUT2D eigenvalue weighted by molar-refractivity contribution is 5.56. The van der Waals surface area contributed by atoms with Gasteiger partial charge >= 0.3 is 0 Å². The molecule has 13 heavy (non-hydrogen) atoms. The fraction of sp³-hybridized carbons (Fsp3) is 0.222. The van der Waals surface area contributed by atoms with E-state index in [0.717, 1.165) is 0 Å². The monoisotopic (exact) mass is 178 g/mol. The Morgan fingerprint density at radius 2 is 2.31 bits per heavy atom. The lowest BCUT2D eigenvalue weighted by Crippen LogP contribution is -1.98. The summed E-state index contributed by atoms with van der Waals surface area (Å²) in [4.78, 5) is 0. The predicted octanol–water partition coefficient (Wildman–Crippen LogP) is 1.18. The number of hydrogen-bond donors (Lipinski definition) is 1. The topological polar surface area (TPSA) is 68.3 Å². The Labute approximate surface area is 76.5 Å². The van der Waals surface area contributed by atoms with Gasteiger partial charge in [0.1, 0.15) is 17.6 Å². The minimum atomic E-state index is -0.00344. The molecule has 0 unspecified atom stereocenters. The SMILES string of the molecule is COc1ccc(OCC#N)c(N)c1. The molecule has 4 nitrogen and oxygen atoms in total. The van der Waals surface area contributed by atoms with Gasteiger partial charge in [-0.3, -0.25) is 0 Å². The van der Waals surface area contributed by atoms with Gasteiger partial charge in [0.15, 0.2) is 6.61 Å². The van der Waals surface area contributed by atoms with E-state index in [1.54, 1.807) is 25.3 Å². The molecule has 0 radical (unpaired) electrons. The molecule has 0 aliphatic heterocycles. The van der Waals surface area contributed by atoms with Gasteiger partial charge in [0.2, 0.25) is 0 Å². The number of methoxy groups -OCH3 is 1. The number of hydrogen-bond acceptors (Lipinski definition) is 4. The van der Waals surface area contributed by atoms with E-state index in [-0.39, 0.29) is 6.61 Å². The third-order valence-corrected chi connectivity index (χ3v) is 1.51. The molecule has 0 saturated heterocycles.